The molecule has 0 fully saturated rings. The first-order valence-corrected chi connectivity index (χ1v) is 12.9. The van der Waals surface area contributed by atoms with Gasteiger partial charge in [0.05, 0.1) is 22.8 Å². The van der Waals surface area contributed by atoms with Gasteiger partial charge in [0, 0.05) is 47.2 Å². The first-order valence-electron chi connectivity index (χ1n) is 12.6. The molecule has 0 aliphatic carbocycles. The molecular formula is C32H23ClN4O3. The third-order valence-electron chi connectivity index (χ3n) is 6.91. The third kappa shape index (κ3) is 4.26. The van der Waals surface area contributed by atoms with Gasteiger partial charge in [-0.25, -0.2) is 9.36 Å². The molecule has 2 heterocycles. The number of hydrogen-bond acceptors (Lipinski definition) is 4. The van der Waals surface area contributed by atoms with Crippen LogP contribution in [0.15, 0.2) is 107 Å². The fourth-order valence-corrected chi connectivity index (χ4v) is 5.29. The Kier molecular flexibility index (Phi) is 6.28. The Labute approximate surface area is 233 Å². The Bertz CT molecular complexity index is 2070. The largest absolute Gasteiger partial charge is 0.345 e. The maximum atomic E-state index is 13.6. The van der Waals surface area contributed by atoms with E-state index in [-0.39, 0.29) is 5.91 Å². The molecule has 0 aliphatic rings. The standard InChI is InChI=1S/C32H23ClN4O3/c1-36(2)30(38)21-9-5-8-19(15-21)24-11-6-12-26(33)29(24)20-13-14-25-27(16-20)35-32(40)37(31(25)39)28-18-34-17-22-7-3-4-10-23(22)28/h3-18H,1-2H3,(H,35,40). The summed E-state index contributed by atoms with van der Waals surface area (Å²) >= 11 is 6.72. The van der Waals surface area contributed by atoms with Crippen molar-refractivity contribution >= 4 is 39.2 Å². The molecule has 6 aromatic rings. The number of aromatic nitrogens is 3. The summed E-state index contributed by atoms with van der Waals surface area (Å²) in [5, 5.41) is 2.42. The van der Waals surface area contributed by atoms with Crippen LogP contribution < -0.4 is 11.2 Å². The van der Waals surface area contributed by atoms with Gasteiger partial charge in [-0.2, -0.15) is 0 Å². The van der Waals surface area contributed by atoms with E-state index >= 15 is 0 Å². The van der Waals surface area contributed by atoms with Crippen molar-refractivity contribution < 1.29 is 4.79 Å². The Morgan fingerprint density at radius 3 is 2.48 bits per heavy atom. The summed E-state index contributed by atoms with van der Waals surface area (Å²) < 4.78 is 1.12. The minimum absolute atomic E-state index is 0.105. The highest BCUT2D eigenvalue weighted by atomic mass is 35.5. The molecule has 1 N–H and O–H groups in total. The molecule has 0 unspecified atom stereocenters. The highest BCUT2D eigenvalue weighted by Gasteiger charge is 2.17. The lowest BCUT2D eigenvalue weighted by molar-refractivity contribution is 0.0827. The van der Waals surface area contributed by atoms with Gasteiger partial charge in [0.25, 0.3) is 11.5 Å². The van der Waals surface area contributed by atoms with E-state index in [4.69, 9.17) is 11.6 Å². The zero-order valence-electron chi connectivity index (χ0n) is 21.7. The number of halogens is 1. The van der Waals surface area contributed by atoms with Gasteiger partial charge < -0.3 is 9.88 Å². The molecule has 4 aromatic carbocycles. The van der Waals surface area contributed by atoms with E-state index < -0.39 is 11.2 Å². The summed E-state index contributed by atoms with van der Waals surface area (Å²) in [6, 6.07) is 25.6. The van der Waals surface area contributed by atoms with Crippen LogP contribution in [0.2, 0.25) is 5.02 Å². The molecule has 2 aromatic heterocycles. The predicted octanol–water partition coefficient (Wildman–Crippen LogP) is 5.92. The van der Waals surface area contributed by atoms with Crippen LogP contribution in [0.4, 0.5) is 0 Å². The molecule has 40 heavy (non-hydrogen) atoms. The van der Waals surface area contributed by atoms with Crippen molar-refractivity contribution in [3.05, 3.63) is 129 Å². The van der Waals surface area contributed by atoms with Gasteiger partial charge in [-0.15, -0.1) is 0 Å². The van der Waals surface area contributed by atoms with Crippen LogP contribution in [0.1, 0.15) is 10.4 Å². The number of H-pyrrole nitrogens is 1. The number of pyridine rings is 1. The summed E-state index contributed by atoms with van der Waals surface area (Å²) in [7, 11) is 3.42. The Balaban J connectivity index is 1.52. The van der Waals surface area contributed by atoms with Crippen molar-refractivity contribution in [2.75, 3.05) is 14.1 Å². The lowest BCUT2D eigenvalue weighted by Crippen LogP contribution is -2.33. The van der Waals surface area contributed by atoms with Crippen LogP contribution in [0, 0.1) is 0 Å². The molecule has 0 aliphatic heterocycles. The molecule has 6 rings (SSSR count). The van der Waals surface area contributed by atoms with Gasteiger partial charge in [-0.3, -0.25) is 14.6 Å². The smallest absolute Gasteiger partial charge is 0.333 e. The summed E-state index contributed by atoms with van der Waals surface area (Å²) in [6.45, 7) is 0. The fourth-order valence-electron chi connectivity index (χ4n) is 5.01. The normalized spacial score (nSPS) is 11.2. The lowest BCUT2D eigenvalue weighted by Gasteiger charge is -2.15. The number of fused-ring (bicyclic) bond motifs is 2. The van der Waals surface area contributed by atoms with Crippen LogP contribution in [-0.2, 0) is 0 Å². The fraction of sp³-hybridized carbons (Fsp3) is 0.0625. The summed E-state index contributed by atoms with van der Waals surface area (Å²) in [6.07, 6.45) is 3.21. The van der Waals surface area contributed by atoms with E-state index in [0.29, 0.717) is 27.2 Å². The molecule has 0 radical (unpaired) electrons. The number of carbonyl (C=O) groups excluding carboxylic acids is 1. The number of rotatable bonds is 4. The Morgan fingerprint density at radius 2 is 1.65 bits per heavy atom. The average molecular weight is 547 g/mol. The highest BCUT2D eigenvalue weighted by molar-refractivity contribution is 6.34. The second-order valence-corrected chi connectivity index (χ2v) is 10.1. The van der Waals surface area contributed by atoms with Crippen molar-refractivity contribution in [3.63, 3.8) is 0 Å². The van der Waals surface area contributed by atoms with Crippen LogP contribution in [-0.4, -0.2) is 39.4 Å². The van der Waals surface area contributed by atoms with E-state index in [1.54, 1.807) is 44.6 Å². The summed E-state index contributed by atoms with van der Waals surface area (Å²) in [4.78, 5) is 48.1. The second kappa shape index (κ2) is 9.94. The maximum absolute atomic E-state index is 13.6. The summed E-state index contributed by atoms with van der Waals surface area (Å²) in [5.74, 6) is -0.105. The minimum atomic E-state index is -0.568. The highest BCUT2D eigenvalue weighted by Crippen LogP contribution is 2.38. The van der Waals surface area contributed by atoms with Crippen LogP contribution >= 0.6 is 11.6 Å². The van der Waals surface area contributed by atoms with Gasteiger partial charge >= 0.3 is 5.69 Å². The predicted molar refractivity (Wildman–Crippen MR) is 159 cm³/mol. The zero-order valence-corrected chi connectivity index (χ0v) is 22.4. The maximum Gasteiger partial charge on any atom is 0.333 e. The molecule has 1 amide bonds. The topological polar surface area (TPSA) is 88.1 Å². The number of benzene rings is 4. The van der Waals surface area contributed by atoms with E-state index in [2.05, 4.69) is 9.97 Å². The van der Waals surface area contributed by atoms with Crippen molar-refractivity contribution in [1.29, 1.82) is 0 Å². The SMILES string of the molecule is CN(C)C(=O)c1cccc(-c2cccc(Cl)c2-c2ccc3c(=O)n(-c4cncc5ccccc45)c(=O)[nH]c3c2)c1. The monoisotopic (exact) mass is 546 g/mol. The Morgan fingerprint density at radius 1 is 0.850 bits per heavy atom. The van der Waals surface area contributed by atoms with E-state index in [1.165, 1.54) is 11.1 Å². The third-order valence-corrected chi connectivity index (χ3v) is 7.23. The van der Waals surface area contributed by atoms with Gasteiger partial charge in [0.15, 0.2) is 0 Å². The molecule has 0 saturated heterocycles. The van der Waals surface area contributed by atoms with Gasteiger partial charge in [0.2, 0.25) is 0 Å². The number of nitrogens with zero attached hydrogens (tertiary/aromatic N) is 3. The minimum Gasteiger partial charge on any atom is -0.345 e. The molecule has 8 heteroatoms. The average Bonchev–Trinajstić information content (AvgIpc) is 2.96. The van der Waals surface area contributed by atoms with Crippen molar-refractivity contribution in [1.82, 2.24) is 19.4 Å². The van der Waals surface area contributed by atoms with Crippen LogP contribution in [0.3, 0.4) is 0 Å². The van der Waals surface area contributed by atoms with Gasteiger partial charge in [0.1, 0.15) is 0 Å². The molecular weight excluding hydrogens is 524 g/mol. The number of nitrogens with one attached hydrogen (secondary N) is 1. The van der Waals surface area contributed by atoms with Crippen LogP contribution in [0.5, 0.6) is 0 Å². The van der Waals surface area contributed by atoms with E-state index in [0.717, 1.165) is 37.6 Å². The molecule has 0 bridgehead atoms. The van der Waals surface area contributed by atoms with E-state index in [9.17, 15) is 14.4 Å². The molecule has 0 atom stereocenters. The lowest BCUT2D eigenvalue weighted by atomic mass is 9.93. The second-order valence-electron chi connectivity index (χ2n) is 9.65. The van der Waals surface area contributed by atoms with Gasteiger partial charge in [-0.1, -0.05) is 66.2 Å². The molecule has 0 saturated carbocycles. The number of aromatic amines is 1. The molecule has 7 nitrogen and oxygen atoms in total. The van der Waals surface area contributed by atoms with Crippen molar-refractivity contribution in [2.24, 2.45) is 0 Å². The van der Waals surface area contributed by atoms with E-state index in [1.807, 2.05) is 60.7 Å². The number of carbonyl (C=O) groups is 1. The number of hydrogen-bond donors (Lipinski definition) is 1. The first kappa shape index (κ1) is 25.3. The molecule has 196 valence electrons. The zero-order chi connectivity index (χ0) is 28.0. The first-order chi connectivity index (χ1) is 19.3. The van der Waals surface area contributed by atoms with Crippen molar-refractivity contribution in [2.45, 2.75) is 0 Å². The quantitative estimate of drug-likeness (QED) is 0.297. The van der Waals surface area contributed by atoms with Gasteiger partial charge in [-0.05, 0) is 47.0 Å². The van der Waals surface area contributed by atoms with Crippen molar-refractivity contribution in [3.8, 4) is 27.9 Å². The molecule has 0 spiro atoms. The Hall–Kier alpha value is -5.01. The summed E-state index contributed by atoms with van der Waals surface area (Å²) in [5.41, 5.74) is 3.42. The number of amides is 1. The van der Waals surface area contributed by atoms with Crippen LogP contribution in [0.25, 0.3) is 49.6 Å².